The molecule has 0 aliphatic carbocycles. The molecule has 3 aromatic rings. The second-order valence-corrected chi connectivity index (χ2v) is 9.92. The number of aryl methyl sites for hydroxylation is 4. The van der Waals surface area contributed by atoms with Crippen LogP contribution in [0.1, 0.15) is 67.2 Å². The molecule has 0 spiro atoms. The van der Waals surface area contributed by atoms with Gasteiger partial charge in [-0.05, 0) is 56.9 Å². The molecular weight excluding hydrogens is 444 g/mol. The van der Waals surface area contributed by atoms with Crippen LogP contribution < -0.4 is 9.64 Å². The lowest BCUT2D eigenvalue weighted by atomic mass is 9.99. The quantitative estimate of drug-likeness (QED) is 0.299. The van der Waals surface area contributed by atoms with Crippen LogP contribution in [0.2, 0.25) is 0 Å². The average molecular weight is 477 g/mol. The number of rotatable bonds is 6. The first-order chi connectivity index (χ1) is 16.3. The molecule has 178 valence electrons. The molecule has 2 aromatic carbocycles. The number of hydrogen-bond donors (Lipinski definition) is 0. The second-order valence-electron chi connectivity index (χ2n) is 8.86. The highest BCUT2D eigenvalue weighted by molar-refractivity contribution is 7.99. The van der Waals surface area contributed by atoms with Crippen molar-refractivity contribution in [3.8, 4) is 17.1 Å². The maximum atomic E-state index is 13.4. The van der Waals surface area contributed by atoms with Crippen molar-refractivity contribution in [3.05, 3.63) is 58.1 Å². The van der Waals surface area contributed by atoms with Crippen LogP contribution in [-0.4, -0.2) is 26.8 Å². The van der Waals surface area contributed by atoms with Crippen molar-refractivity contribution >= 4 is 23.4 Å². The first kappa shape index (κ1) is 24.2. The summed E-state index contributed by atoms with van der Waals surface area (Å²) in [4.78, 5) is 20.0. The fourth-order valence-electron chi connectivity index (χ4n) is 4.22. The smallest absolute Gasteiger partial charge is 0.247 e. The number of anilines is 1. The van der Waals surface area contributed by atoms with E-state index in [0.717, 1.165) is 52.1 Å². The van der Waals surface area contributed by atoms with Gasteiger partial charge < -0.3 is 4.74 Å². The minimum atomic E-state index is -0.654. The fourth-order valence-corrected chi connectivity index (χ4v) is 5.08. The lowest BCUT2D eigenvalue weighted by Gasteiger charge is -2.32. The van der Waals surface area contributed by atoms with Gasteiger partial charge in [0.2, 0.25) is 23.2 Å². The van der Waals surface area contributed by atoms with E-state index in [1.54, 1.807) is 16.7 Å². The van der Waals surface area contributed by atoms with E-state index in [0.29, 0.717) is 23.2 Å². The number of unbranched alkanes of at least 4 members (excludes halogenated alkanes) is 1. The van der Waals surface area contributed by atoms with Crippen LogP contribution in [0.5, 0.6) is 5.88 Å². The molecule has 1 aliphatic heterocycles. The van der Waals surface area contributed by atoms with Crippen LogP contribution in [0.25, 0.3) is 11.3 Å². The van der Waals surface area contributed by atoms with Crippen molar-refractivity contribution in [2.24, 2.45) is 0 Å². The second kappa shape index (κ2) is 10.1. The van der Waals surface area contributed by atoms with E-state index in [-0.39, 0.29) is 5.91 Å². The minimum Gasteiger partial charge on any atom is -0.447 e. The van der Waals surface area contributed by atoms with Crippen molar-refractivity contribution < 1.29 is 9.53 Å². The summed E-state index contributed by atoms with van der Waals surface area (Å²) in [5.41, 5.74) is 7.52. The molecule has 1 aliphatic rings. The Morgan fingerprint density at radius 1 is 1.03 bits per heavy atom. The van der Waals surface area contributed by atoms with Crippen LogP contribution in [0.15, 0.2) is 35.5 Å². The Bertz CT molecular complexity index is 1230. The predicted molar refractivity (Wildman–Crippen MR) is 137 cm³/mol. The molecule has 1 aromatic heterocycles. The molecule has 0 fully saturated rings. The zero-order chi connectivity index (χ0) is 24.4. The molecule has 0 saturated heterocycles. The summed E-state index contributed by atoms with van der Waals surface area (Å²) in [6, 6.07) is 10.3. The molecule has 0 N–H and O–H groups in total. The number of hydrogen-bond acceptors (Lipinski definition) is 6. The molecule has 4 rings (SSSR count). The van der Waals surface area contributed by atoms with Gasteiger partial charge in [-0.3, -0.25) is 9.69 Å². The number of thioether (sulfide) groups is 1. The zero-order valence-electron chi connectivity index (χ0n) is 20.8. The highest BCUT2D eigenvalue weighted by Crippen LogP contribution is 2.46. The number of benzene rings is 2. The standard InChI is InChI=1S/C27H32N4O2S/c1-7-9-12-34-27-28-25-23(29-30-27)21-14-16(3)13-19(6)24(21)31(22(32)8-2)26(33-25)20-11-10-17(4)18(5)15-20/h10-11,13-15,26H,7-9,12H2,1-6H3. The van der Waals surface area contributed by atoms with E-state index in [1.165, 1.54) is 5.56 Å². The summed E-state index contributed by atoms with van der Waals surface area (Å²) < 4.78 is 6.58. The molecule has 7 heteroatoms. The number of amides is 1. The number of carbonyl (C=O) groups excluding carboxylic acids is 1. The molecule has 34 heavy (non-hydrogen) atoms. The van der Waals surface area contributed by atoms with Gasteiger partial charge in [-0.1, -0.05) is 61.9 Å². The van der Waals surface area contributed by atoms with Gasteiger partial charge >= 0.3 is 0 Å². The molecule has 0 radical (unpaired) electrons. The summed E-state index contributed by atoms with van der Waals surface area (Å²) in [6.45, 7) is 12.3. The van der Waals surface area contributed by atoms with Gasteiger partial charge in [0.15, 0.2) is 5.69 Å². The van der Waals surface area contributed by atoms with Gasteiger partial charge in [0.1, 0.15) is 0 Å². The maximum Gasteiger partial charge on any atom is 0.247 e. The van der Waals surface area contributed by atoms with Crippen LogP contribution in [-0.2, 0) is 4.79 Å². The summed E-state index contributed by atoms with van der Waals surface area (Å²) in [5, 5.41) is 9.55. The monoisotopic (exact) mass is 476 g/mol. The van der Waals surface area contributed by atoms with Gasteiger partial charge in [-0.15, -0.1) is 10.2 Å². The van der Waals surface area contributed by atoms with Gasteiger partial charge in [0, 0.05) is 23.3 Å². The normalized spacial score (nSPS) is 14.8. The van der Waals surface area contributed by atoms with E-state index in [4.69, 9.17) is 9.72 Å². The Balaban J connectivity index is 1.95. The average Bonchev–Trinajstić information content (AvgIpc) is 2.95. The van der Waals surface area contributed by atoms with E-state index in [2.05, 4.69) is 49.2 Å². The van der Waals surface area contributed by atoms with E-state index in [1.807, 2.05) is 32.9 Å². The summed E-state index contributed by atoms with van der Waals surface area (Å²) >= 11 is 1.58. The summed E-state index contributed by atoms with van der Waals surface area (Å²) in [5.74, 6) is 1.32. The summed E-state index contributed by atoms with van der Waals surface area (Å²) in [6.07, 6.45) is 1.89. The molecule has 1 unspecified atom stereocenters. The Labute approximate surface area is 206 Å². The molecular formula is C27H32N4O2S. The third-order valence-corrected chi connectivity index (χ3v) is 7.07. The molecule has 0 saturated carbocycles. The highest BCUT2D eigenvalue weighted by atomic mass is 32.2. The first-order valence-corrected chi connectivity index (χ1v) is 12.9. The Morgan fingerprint density at radius 3 is 2.53 bits per heavy atom. The SMILES string of the molecule is CCCCSc1nnc2c(n1)OC(c1ccc(C)c(C)c1)N(C(=O)CC)c1c(C)cc(C)cc1-2. The zero-order valence-corrected chi connectivity index (χ0v) is 21.6. The van der Waals surface area contributed by atoms with Crippen LogP contribution in [0.4, 0.5) is 5.69 Å². The van der Waals surface area contributed by atoms with E-state index >= 15 is 0 Å². The van der Waals surface area contributed by atoms with Crippen molar-refractivity contribution in [1.29, 1.82) is 0 Å². The lowest BCUT2D eigenvalue weighted by molar-refractivity contribution is -0.120. The number of fused-ring (bicyclic) bond motifs is 3. The van der Waals surface area contributed by atoms with Crippen molar-refractivity contribution in [1.82, 2.24) is 15.2 Å². The fraction of sp³-hybridized carbons (Fsp3) is 0.407. The number of aromatic nitrogens is 3. The van der Waals surface area contributed by atoms with Crippen LogP contribution >= 0.6 is 11.8 Å². The number of ether oxygens (including phenoxy) is 1. The van der Waals surface area contributed by atoms with E-state index in [9.17, 15) is 4.79 Å². The Kier molecular flexibility index (Phi) is 7.22. The number of carbonyl (C=O) groups is 1. The molecule has 1 amide bonds. The third-order valence-electron chi connectivity index (χ3n) is 6.15. The number of nitrogens with zero attached hydrogens (tertiary/aromatic N) is 4. The summed E-state index contributed by atoms with van der Waals surface area (Å²) in [7, 11) is 0. The first-order valence-electron chi connectivity index (χ1n) is 11.9. The third kappa shape index (κ3) is 4.67. The van der Waals surface area contributed by atoms with Gasteiger partial charge in [-0.25, -0.2) is 0 Å². The van der Waals surface area contributed by atoms with E-state index < -0.39 is 6.23 Å². The molecule has 2 heterocycles. The Morgan fingerprint density at radius 2 is 1.82 bits per heavy atom. The van der Waals surface area contributed by atoms with Crippen LogP contribution in [0, 0.1) is 27.7 Å². The van der Waals surface area contributed by atoms with Gasteiger partial charge in [0.25, 0.3) is 0 Å². The lowest BCUT2D eigenvalue weighted by Crippen LogP contribution is -2.37. The Hall–Kier alpha value is -2.93. The molecule has 0 bridgehead atoms. The van der Waals surface area contributed by atoms with Crippen molar-refractivity contribution in [3.63, 3.8) is 0 Å². The molecule has 6 nitrogen and oxygen atoms in total. The van der Waals surface area contributed by atoms with Crippen molar-refractivity contribution in [2.75, 3.05) is 10.7 Å². The molecule has 1 atom stereocenters. The topological polar surface area (TPSA) is 68.2 Å². The predicted octanol–water partition coefficient (Wildman–Crippen LogP) is 6.50. The van der Waals surface area contributed by atoms with Gasteiger partial charge in [0.05, 0.1) is 5.69 Å². The minimum absolute atomic E-state index is 0.0188. The van der Waals surface area contributed by atoms with Gasteiger partial charge in [-0.2, -0.15) is 4.98 Å². The van der Waals surface area contributed by atoms with Crippen molar-refractivity contribution in [2.45, 2.75) is 72.2 Å². The largest absolute Gasteiger partial charge is 0.447 e. The van der Waals surface area contributed by atoms with Crippen LogP contribution in [0.3, 0.4) is 0 Å². The highest BCUT2D eigenvalue weighted by Gasteiger charge is 2.36. The maximum absolute atomic E-state index is 13.4.